The van der Waals surface area contributed by atoms with Gasteiger partial charge in [0.1, 0.15) is 47.1 Å². The third-order valence-corrected chi connectivity index (χ3v) is 6.81. The molecule has 4 aromatic rings. The van der Waals surface area contributed by atoms with E-state index in [9.17, 15) is 9.65 Å². The van der Waals surface area contributed by atoms with E-state index >= 15 is 4.39 Å². The average molecular weight is 524 g/mol. The predicted molar refractivity (Wildman–Crippen MR) is 133 cm³/mol. The van der Waals surface area contributed by atoms with Gasteiger partial charge in [0, 0.05) is 43.2 Å². The van der Waals surface area contributed by atoms with Crippen LogP contribution < -0.4 is 15.2 Å². The molecule has 0 amide bonds. The van der Waals surface area contributed by atoms with E-state index in [1.807, 2.05) is 6.92 Å². The SMILES string of the molecule is Cc1ncc(COc2cc(F)cc(Oc3ccc(-c4nn(C5CCOCC5)c(N)c4C#N)cc3F)c2)s1. The third-order valence-electron chi connectivity index (χ3n) is 5.92. The number of aromatic nitrogens is 3. The molecule has 8 nitrogen and oxygen atoms in total. The van der Waals surface area contributed by atoms with Crippen LogP contribution in [0.3, 0.4) is 0 Å². The maximum absolute atomic E-state index is 15.1. The molecule has 3 heterocycles. The lowest BCUT2D eigenvalue weighted by molar-refractivity contribution is 0.0669. The Bertz CT molecular complexity index is 1470. The summed E-state index contributed by atoms with van der Waals surface area (Å²) in [4.78, 5) is 5.05. The molecule has 11 heteroatoms. The Morgan fingerprint density at radius 1 is 1.19 bits per heavy atom. The summed E-state index contributed by atoms with van der Waals surface area (Å²) in [6.45, 7) is 3.28. The van der Waals surface area contributed by atoms with Gasteiger partial charge in [0.25, 0.3) is 0 Å². The van der Waals surface area contributed by atoms with E-state index in [0.717, 1.165) is 28.8 Å². The molecule has 1 aliphatic heterocycles. The lowest BCUT2D eigenvalue weighted by atomic mass is 10.1. The Labute approximate surface area is 215 Å². The first-order valence-electron chi connectivity index (χ1n) is 11.6. The molecule has 0 spiro atoms. The number of benzene rings is 2. The summed E-state index contributed by atoms with van der Waals surface area (Å²) in [5.74, 6) is -0.844. The Morgan fingerprint density at radius 3 is 2.68 bits per heavy atom. The molecule has 0 aliphatic carbocycles. The molecule has 1 saturated heterocycles. The zero-order chi connectivity index (χ0) is 25.9. The van der Waals surface area contributed by atoms with Gasteiger partial charge in [-0.05, 0) is 38.0 Å². The molecule has 0 unspecified atom stereocenters. The lowest BCUT2D eigenvalue weighted by Gasteiger charge is -2.23. The van der Waals surface area contributed by atoms with Crippen LogP contribution in [0.2, 0.25) is 0 Å². The number of hydrogen-bond donors (Lipinski definition) is 1. The number of anilines is 1. The van der Waals surface area contributed by atoms with Crippen LogP contribution in [0, 0.1) is 29.9 Å². The molecule has 2 N–H and O–H groups in total. The van der Waals surface area contributed by atoms with Gasteiger partial charge in [-0.2, -0.15) is 10.4 Å². The zero-order valence-electron chi connectivity index (χ0n) is 19.9. The summed E-state index contributed by atoms with van der Waals surface area (Å²) in [6, 6.07) is 10.1. The van der Waals surface area contributed by atoms with E-state index in [0.29, 0.717) is 18.8 Å². The Balaban J connectivity index is 1.36. The van der Waals surface area contributed by atoms with Crippen LogP contribution in [-0.4, -0.2) is 28.0 Å². The van der Waals surface area contributed by atoms with Crippen LogP contribution in [-0.2, 0) is 11.3 Å². The molecule has 1 fully saturated rings. The minimum absolute atomic E-state index is 0.00606. The summed E-state index contributed by atoms with van der Waals surface area (Å²) in [5.41, 5.74) is 7.06. The van der Waals surface area contributed by atoms with Gasteiger partial charge in [-0.1, -0.05) is 0 Å². The van der Waals surface area contributed by atoms with E-state index in [1.165, 1.54) is 35.6 Å². The first-order valence-corrected chi connectivity index (χ1v) is 12.4. The maximum atomic E-state index is 15.1. The highest BCUT2D eigenvalue weighted by molar-refractivity contribution is 7.11. The Hall–Kier alpha value is -4.01. The molecule has 37 heavy (non-hydrogen) atoms. The van der Waals surface area contributed by atoms with Crippen molar-refractivity contribution in [1.29, 1.82) is 5.26 Å². The van der Waals surface area contributed by atoms with Crippen LogP contribution in [0.15, 0.2) is 42.6 Å². The van der Waals surface area contributed by atoms with Gasteiger partial charge >= 0.3 is 0 Å². The van der Waals surface area contributed by atoms with Gasteiger partial charge in [-0.3, -0.25) is 0 Å². The van der Waals surface area contributed by atoms with Gasteiger partial charge in [0.15, 0.2) is 11.6 Å². The molecular weight excluding hydrogens is 500 g/mol. The molecule has 0 radical (unpaired) electrons. The highest BCUT2D eigenvalue weighted by Gasteiger charge is 2.24. The second-order valence-electron chi connectivity index (χ2n) is 8.51. The fraction of sp³-hybridized carbons (Fsp3) is 0.269. The summed E-state index contributed by atoms with van der Waals surface area (Å²) in [6.07, 6.45) is 3.15. The lowest BCUT2D eigenvalue weighted by Crippen LogP contribution is -2.21. The molecule has 5 rings (SSSR count). The van der Waals surface area contributed by atoms with E-state index < -0.39 is 11.6 Å². The van der Waals surface area contributed by atoms with E-state index in [4.69, 9.17) is 19.9 Å². The Morgan fingerprint density at radius 2 is 1.97 bits per heavy atom. The van der Waals surface area contributed by atoms with Crippen LogP contribution in [0.5, 0.6) is 17.2 Å². The van der Waals surface area contributed by atoms with Crippen LogP contribution in [0.1, 0.15) is 34.3 Å². The Kier molecular flexibility index (Phi) is 7.03. The molecule has 190 valence electrons. The van der Waals surface area contributed by atoms with Crippen molar-refractivity contribution in [3.05, 3.63) is 69.7 Å². The number of nitriles is 1. The van der Waals surface area contributed by atoms with Crippen molar-refractivity contribution >= 4 is 17.2 Å². The number of halogens is 2. The smallest absolute Gasteiger partial charge is 0.166 e. The van der Waals surface area contributed by atoms with Gasteiger partial charge in [0.2, 0.25) is 0 Å². The van der Waals surface area contributed by atoms with Crippen LogP contribution in [0.4, 0.5) is 14.6 Å². The van der Waals surface area contributed by atoms with E-state index in [2.05, 4.69) is 16.2 Å². The number of hydrogen-bond acceptors (Lipinski definition) is 8. The summed E-state index contributed by atoms with van der Waals surface area (Å²) >= 11 is 1.48. The molecule has 1 aliphatic rings. The van der Waals surface area contributed by atoms with Crippen molar-refractivity contribution in [1.82, 2.24) is 14.8 Å². The molecule has 2 aromatic carbocycles. The van der Waals surface area contributed by atoms with Crippen molar-refractivity contribution in [2.45, 2.75) is 32.4 Å². The number of nitrogens with two attached hydrogens (primary N) is 1. The largest absolute Gasteiger partial charge is 0.488 e. The fourth-order valence-corrected chi connectivity index (χ4v) is 4.84. The average Bonchev–Trinajstić information content (AvgIpc) is 3.46. The third kappa shape index (κ3) is 5.40. The zero-order valence-corrected chi connectivity index (χ0v) is 20.7. The number of rotatable bonds is 7. The standard InChI is InChI=1S/C26H23F2N5O3S/c1-15-31-13-21(37-15)14-35-19-9-17(27)10-20(11-19)36-24-3-2-16(8-23(24)28)25-22(12-29)26(30)33(32-25)18-4-6-34-7-5-18/h2-3,8-11,13,18H,4-7,14,30H2,1H3. The minimum atomic E-state index is -0.701. The van der Waals surface area contributed by atoms with Gasteiger partial charge < -0.3 is 19.9 Å². The number of nitrogen functional groups attached to an aromatic ring is 1. The first-order chi connectivity index (χ1) is 17.9. The normalized spacial score (nSPS) is 13.9. The summed E-state index contributed by atoms with van der Waals surface area (Å²) in [5, 5.41) is 15.1. The van der Waals surface area contributed by atoms with Crippen molar-refractivity contribution in [3.63, 3.8) is 0 Å². The number of ether oxygens (including phenoxy) is 3. The first kappa shape index (κ1) is 24.7. The van der Waals surface area contributed by atoms with Crippen molar-refractivity contribution in [3.8, 4) is 34.6 Å². The van der Waals surface area contributed by atoms with Gasteiger partial charge in [0.05, 0.1) is 15.9 Å². The minimum Gasteiger partial charge on any atom is -0.488 e. The predicted octanol–water partition coefficient (Wildman–Crippen LogP) is 5.77. The van der Waals surface area contributed by atoms with Crippen LogP contribution >= 0.6 is 11.3 Å². The van der Waals surface area contributed by atoms with Gasteiger partial charge in [-0.25, -0.2) is 18.4 Å². The van der Waals surface area contributed by atoms with Crippen LogP contribution in [0.25, 0.3) is 11.3 Å². The molecular formula is C26H23F2N5O3S. The summed E-state index contributed by atoms with van der Waals surface area (Å²) in [7, 11) is 0. The van der Waals surface area contributed by atoms with E-state index in [1.54, 1.807) is 16.9 Å². The second-order valence-corrected chi connectivity index (χ2v) is 9.83. The van der Waals surface area contributed by atoms with Crippen molar-refractivity contribution < 1.29 is 23.0 Å². The maximum Gasteiger partial charge on any atom is 0.166 e. The molecule has 0 saturated carbocycles. The van der Waals surface area contributed by atoms with Crippen molar-refractivity contribution in [2.24, 2.45) is 0 Å². The number of thiazole rings is 1. The monoisotopic (exact) mass is 523 g/mol. The molecule has 0 bridgehead atoms. The topological polar surface area (TPSA) is 108 Å². The molecule has 2 aromatic heterocycles. The number of aryl methyl sites for hydroxylation is 1. The van der Waals surface area contributed by atoms with Crippen molar-refractivity contribution in [2.75, 3.05) is 18.9 Å². The number of nitrogens with zero attached hydrogens (tertiary/aromatic N) is 4. The highest BCUT2D eigenvalue weighted by atomic mass is 32.1. The fourth-order valence-electron chi connectivity index (χ4n) is 4.13. The van der Waals surface area contributed by atoms with Gasteiger partial charge in [-0.15, -0.1) is 11.3 Å². The summed E-state index contributed by atoms with van der Waals surface area (Å²) < 4.78 is 47.6. The van der Waals surface area contributed by atoms with E-state index in [-0.39, 0.29) is 47.0 Å². The molecule has 0 atom stereocenters. The quantitative estimate of drug-likeness (QED) is 0.328. The second kappa shape index (κ2) is 10.5. The highest BCUT2D eigenvalue weighted by Crippen LogP contribution is 2.35.